The number of hydrogen-bond donors (Lipinski definition) is 1. The van der Waals surface area contributed by atoms with Crippen molar-refractivity contribution >= 4 is 0 Å². The van der Waals surface area contributed by atoms with Gasteiger partial charge in [0.1, 0.15) is 5.82 Å². The summed E-state index contributed by atoms with van der Waals surface area (Å²) in [6, 6.07) is 6.47. The first-order valence-electron chi connectivity index (χ1n) is 5.24. The van der Waals surface area contributed by atoms with Gasteiger partial charge in [0.25, 0.3) is 0 Å². The molecule has 0 radical (unpaired) electrons. The van der Waals surface area contributed by atoms with E-state index in [-0.39, 0.29) is 5.82 Å². The van der Waals surface area contributed by atoms with E-state index in [1.807, 2.05) is 6.07 Å². The second kappa shape index (κ2) is 3.72. The lowest BCUT2D eigenvalue weighted by atomic mass is 10.0. The molecule has 0 spiro atoms. The van der Waals surface area contributed by atoms with E-state index in [9.17, 15) is 4.39 Å². The number of hydrogen-bond acceptors (Lipinski definition) is 2. The van der Waals surface area contributed by atoms with E-state index in [1.165, 1.54) is 12.1 Å². The molecule has 0 saturated heterocycles. The Morgan fingerprint density at radius 3 is 3.19 bits per heavy atom. The molecule has 0 bridgehead atoms. The van der Waals surface area contributed by atoms with Gasteiger partial charge in [0.15, 0.2) is 0 Å². The lowest BCUT2D eigenvalue weighted by molar-refractivity contribution is 0.110. The number of nitrogens with zero attached hydrogens (tertiary/aromatic N) is 1. The smallest absolute Gasteiger partial charge is 0.123 e. The van der Waals surface area contributed by atoms with Crippen molar-refractivity contribution in [2.45, 2.75) is 13.0 Å². The molecule has 3 rings (SSSR count). The maximum atomic E-state index is 13.1. The Labute approximate surface area is 92.3 Å². The summed E-state index contributed by atoms with van der Waals surface area (Å²) in [5.41, 5.74) is 3.75. The van der Waals surface area contributed by atoms with Gasteiger partial charge in [-0.3, -0.25) is 5.10 Å². The van der Waals surface area contributed by atoms with Crippen LogP contribution in [-0.4, -0.2) is 16.8 Å². The number of fused-ring (bicyclic) bond motifs is 1. The first-order chi connectivity index (χ1) is 7.84. The Kier molecular flexibility index (Phi) is 2.22. The minimum atomic E-state index is -0.244. The van der Waals surface area contributed by atoms with E-state index in [1.54, 1.807) is 6.07 Å². The molecule has 0 unspecified atom stereocenters. The quantitative estimate of drug-likeness (QED) is 0.797. The molecule has 0 atom stereocenters. The van der Waals surface area contributed by atoms with Crippen LogP contribution in [0, 0.1) is 5.82 Å². The van der Waals surface area contributed by atoms with Gasteiger partial charge in [0.05, 0.1) is 18.9 Å². The third kappa shape index (κ3) is 1.51. The summed E-state index contributed by atoms with van der Waals surface area (Å²) in [5.74, 6) is -0.244. The fourth-order valence-corrected chi connectivity index (χ4v) is 1.99. The number of benzene rings is 1. The minimum Gasteiger partial charge on any atom is -0.376 e. The molecular formula is C12H11FN2O. The fraction of sp³-hybridized carbons (Fsp3) is 0.250. The van der Waals surface area contributed by atoms with Gasteiger partial charge in [-0.2, -0.15) is 5.10 Å². The van der Waals surface area contributed by atoms with Gasteiger partial charge < -0.3 is 4.74 Å². The largest absolute Gasteiger partial charge is 0.376 e. The fourth-order valence-electron chi connectivity index (χ4n) is 1.99. The van der Waals surface area contributed by atoms with E-state index in [0.717, 1.165) is 35.5 Å². The first kappa shape index (κ1) is 9.54. The number of aromatic nitrogens is 2. The highest BCUT2D eigenvalue weighted by Gasteiger charge is 2.18. The van der Waals surface area contributed by atoms with Crippen molar-refractivity contribution in [3.63, 3.8) is 0 Å². The average Bonchev–Trinajstić information content (AvgIpc) is 2.72. The molecule has 0 amide bonds. The lowest BCUT2D eigenvalue weighted by Crippen LogP contribution is -2.08. The molecule has 0 fully saturated rings. The topological polar surface area (TPSA) is 37.9 Å². The predicted molar refractivity (Wildman–Crippen MR) is 57.3 cm³/mol. The predicted octanol–water partition coefficient (Wildman–Crippen LogP) is 2.29. The zero-order valence-electron chi connectivity index (χ0n) is 8.66. The van der Waals surface area contributed by atoms with Crippen LogP contribution in [-0.2, 0) is 17.8 Å². The van der Waals surface area contributed by atoms with E-state index < -0.39 is 0 Å². The summed E-state index contributed by atoms with van der Waals surface area (Å²) in [6.07, 6.45) is 0.845. The molecule has 1 aromatic heterocycles. The SMILES string of the molecule is Fc1cccc(-c2n[nH]c3c2COCC3)c1. The van der Waals surface area contributed by atoms with Crippen LogP contribution in [0.4, 0.5) is 4.39 Å². The van der Waals surface area contributed by atoms with Gasteiger partial charge in [-0.1, -0.05) is 12.1 Å². The van der Waals surface area contributed by atoms with E-state index in [2.05, 4.69) is 10.2 Å². The van der Waals surface area contributed by atoms with Crippen molar-refractivity contribution in [1.82, 2.24) is 10.2 Å². The van der Waals surface area contributed by atoms with Crippen molar-refractivity contribution in [2.24, 2.45) is 0 Å². The number of halogens is 1. The van der Waals surface area contributed by atoms with E-state index in [4.69, 9.17) is 4.74 Å². The van der Waals surface area contributed by atoms with Crippen molar-refractivity contribution in [3.8, 4) is 11.3 Å². The monoisotopic (exact) mass is 218 g/mol. The zero-order valence-corrected chi connectivity index (χ0v) is 8.66. The van der Waals surface area contributed by atoms with Crippen molar-refractivity contribution < 1.29 is 9.13 Å². The Morgan fingerprint density at radius 1 is 1.38 bits per heavy atom. The van der Waals surface area contributed by atoms with Crippen LogP contribution >= 0.6 is 0 Å². The molecule has 4 heteroatoms. The summed E-state index contributed by atoms with van der Waals surface area (Å²) in [4.78, 5) is 0. The van der Waals surface area contributed by atoms with Crippen LogP contribution in [0.15, 0.2) is 24.3 Å². The Bertz CT molecular complexity index is 521. The summed E-state index contributed by atoms with van der Waals surface area (Å²) in [5, 5.41) is 7.23. The Balaban J connectivity index is 2.09. The molecule has 0 aliphatic carbocycles. The highest BCUT2D eigenvalue weighted by molar-refractivity contribution is 5.64. The number of nitrogens with one attached hydrogen (secondary N) is 1. The van der Waals surface area contributed by atoms with Crippen LogP contribution in [0.25, 0.3) is 11.3 Å². The van der Waals surface area contributed by atoms with E-state index >= 15 is 0 Å². The van der Waals surface area contributed by atoms with Crippen LogP contribution in [0.5, 0.6) is 0 Å². The third-order valence-electron chi connectivity index (χ3n) is 2.79. The van der Waals surface area contributed by atoms with Crippen LogP contribution in [0.1, 0.15) is 11.3 Å². The summed E-state index contributed by atoms with van der Waals surface area (Å²) in [7, 11) is 0. The zero-order chi connectivity index (χ0) is 11.0. The standard InChI is InChI=1S/C12H11FN2O/c13-9-3-1-2-8(6-9)12-10-7-16-5-4-11(10)14-15-12/h1-3,6H,4-5,7H2,(H,14,15). The second-order valence-corrected chi connectivity index (χ2v) is 3.84. The number of rotatable bonds is 1. The van der Waals surface area contributed by atoms with Gasteiger partial charge in [0, 0.05) is 23.2 Å². The van der Waals surface area contributed by atoms with Gasteiger partial charge in [-0.15, -0.1) is 0 Å². The van der Waals surface area contributed by atoms with Crippen molar-refractivity contribution in [2.75, 3.05) is 6.61 Å². The summed E-state index contributed by atoms with van der Waals surface area (Å²) >= 11 is 0. The van der Waals surface area contributed by atoms with Crippen LogP contribution < -0.4 is 0 Å². The normalized spacial score (nSPS) is 14.8. The third-order valence-corrected chi connectivity index (χ3v) is 2.79. The minimum absolute atomic E-state index is 0.244. The van der Waals surface area contributed by atoms with Crippen molar-refractivity contribution in [1.29, 1.82) is 0 Å². The molecule has 3 nitrogen and oxygen atoms in total. The summed E-state index contributed by atoms with van der Waals surface area (Å²) < 4.78 is 18.5. The Morgan fingerprint density at radius 2 is 2.31 bits per heavy atom. The lowest BCUT2D eigenvalue weighted by Gasteiger charge is -2.12. The van der Waals surface area contributed by atoms with Gasteiger partial charge in [0.2, 0.25) is 0 Å². The van der Waals surface area contributed by atoms with Gasteiger partial charge in [-0.25, -0.2) is 4.39 Å². The van der Waals surface area contributed by atoms with E-state index in [0.29, 0.717) is 6.61 Å². The van der Waals surface area contributed by atoms with Crippen molar-refractivity contribution in [3.05, 3.63) is 41.3 Å². The molecule has 2 heterocycles. The molecule has 1 aliphatic rings. The van der Waals surface area contributed by atoms with Crippen LogP contribution in [0.2, 0.25) is 0 Å². The molecule has 1 N–H and O–H groups in total. The summed E-state index contributed by atoms with van der Waals surface area (Å²) in [6.45, 7) is 1.27. The average molecular weight is 218 g/mol. The molecular weight excluding hydrogens is 207 g/mol. The maximum Gasteiger partial charge on any atom is 0.123 e. The molecule has 1 aromatic carbocycles. The van der Waals surface area contributed by atoms with Gasteiger partial charge in [-0.05, 0) is 12.1 Å². The molecule has 16 heavy (non-hydrogen) atoms. The first-order valence-corrected chi connectivity index (χ1v) is 5.24. The van der Waals surface area contributed by atoms with Crippen LogP contribution in [0.3, 0.4) is 0 Å². The molecule has 0 saturated carbocycles. The molecule has 1 aliphatic heterocycles. The number of H-pyrrole nitrogens is 1. The number of aromatic amines is 1. The highest BCUT2D eigenvalue weighted by Crippen LogP contribution is 2.27. The van der Waals surface area contributed by atoms with Gasteiger partial charge >= 0.3 is 0 Å². The molecule has 82 valence electrons. The maximum absolute atomic E-state index is 13.1. The second-order valence-electron chi connectivity index (χ2n) is 3.84. The number of ether oxygens (including phenoxy) is 1. The Hall–Kier alpha value is -1.68. The highest BCUT2D eigenvalue weighted by atomic mass is 19.1. The molecule has 2 aromatic rings.